The lowest BCUT2D eigenvalue weighted by molar-refractivity contribution is 0.0571. The van der Waals surface area contributed by atoms with Gasteiger partial charge in [-0.05, 0) is 36.8 Å². The highest BCUT2D eigenvalue weighted by atomic mass is 16.3. The summed E-state index contributed by atoms with van der Waals surface area (Å²) in [4.78, 5) is 15.0. The fourth-order valence-electron chi connectivity index (χ4n) is 3.22. The lowest BCUT2D eigenvalue weighted by atomic mass is 10.0. The molecule has 0 aliphatic carbocycles. The van der Waals surface area contributed by atoms with Crippen molar-refractivity contribution in [2.24, 2.45) is 0 Å². The smallest absolute Gasteiger partial charge is 0.258 e. The molecule has 120 valence electrons. The molecule has 4 rings (SSSR count). The van der Waals surface area contributed by atoms with Gasteiger partial charge in [0.15, 0.2) is 6.17 Å². The number of furan rings is 1. The fraction of sp³-hybridized carbons (Fsp3) is 0.150. The van der Waals surface area contributed by atoms with Gasteiger partial charge >= 0.3 is 0 Å². The van der Waals surface area contributed by atoms with Crippen LogP contribution in [0.5, 0.6) is 0 Å². The van der Waals surface area contributed by atoms with E-state index in [1.807, 2.05) is 78.6 Å². The molecule has 4 heteroatoms. The van der Waals surface area contributed by atoms with Gasteiger partial charge in [-0.15, -0.1) is 0 Å². The van der Waals surface area contributed by atoms with E-state index < -0.39 is 0 Å². The Hall–Kier alpha value is -3.01. The van der Waals surface area contributed by atoms with Crippen LogP contribution in [0.4, 0.5) is 5.69 Å². The van der Waals surface area contributed by atoms with Crippen LogP contribution < -0.4 is 5.32 Å². The summed E-state index contributed by atoms with van der Waals surface area (Å²) in [7, 11) is 0. The van der Waals surface area contributed by atoms with Crippen molar-refractivity contribution in [2.75, 3.05) is 5.32 Å². The fourth-order valence-corrected chi connectivity index (χ4v) is 3.22. The first kappa shape index (κ1) is 14.6. The summed E-state index contributed by atoms with van der Waals surface area (Å²) in [5.41, 5.74) is 2.60. The Balaban J connectivity index is 1.80. The monoisotopic (exact) mass is 318 g/mol. The molecule has 1 amide bonds. The number of nitrogens with zero attached hydrogens (tertiary/aromatic N) is 1. The molecule has 2 aromatic carbocycles. The molecule has 0 radical (unpaired) electrons. The molecule has 1 N–H and O–H groups in total. The van der Waals surface area contributed by atoms with E-state index in [1.165, 1.54) is 0 Å². The zero-order valence-corrected chi connectivity index (χ0v) is 13.3. The van der Waals surface area contributed by atoms with Crippen molar-refractivity contribution < 1.29 is 9.21 Å². The largest absolute Gasteiger partial charge is 0.465 e. The number of para-hydroxylation sites is 1. The van der Waals surface area contributed by atoms with E-state index in [1.54, 1.807) is 6.26 Å². The number of carbonyl (C=O) groups excluding carboxylic acids is 1. The molecular formula is C20H18N2O2. The van der Waals surface area contributed by atoms with Gasteiger partial charge in [0.1, 0.15) is 5.76 Å². The molecule has 0 saturated heterocycles. The summed E-state index contributed by atoms with van der Waals surface area (Å²) < 4.78 is 5.60. The van der Waals surface area contributed by atoms with Crippen LogP contribution >= 0.6 is 0 Å². The van der Waals surface area contributed by atoms with Crippen molar-refractivity contribution in [3.63, 3.8) is 0 Å². The third kappa shape index (κ3) is 2.36. The van der Waals surface area contributed by atoms with Crippen molar-refractivity contribution in [3.05, 3.63) is 89.9 Å². The number of benzene rings is 2. The highest BCUT2D eigenvalue weighted by molar-refractivity contribution is 6.01. The van der Waals surface area contributed by atoms with Gasteiger partial charge in [-0.3, -0.25) is 4.79 Å². The predicted molar refractivity (Wildman–Crippen MR) is 92.5 cm³/mol. The second-order valence-corrected chi connectivity index (χ2v) is 5.91. The van der Waals surface area contributed by atoms with Gasteiger partial charge in [0.25, 0.3) is 5.91 Å². The topological polar surface area (TPSA) is 45.5 Å². The minimum atomic E-state index is -0.336. The van der Waals surface area contributed by atoms with Crippen molar-refractivity contribution in [2.45, 2.75) is 19.1 Å². The maximum atomic E-state index is 13.2. The Kier molecular flexibility index (Phi) is 3.58. The summed E-state index contributed by atoms with van der Waals surface area (Å²) in [5.74, 6) is 0.725. The summed E-state index contributed by atoms with van der Waals surface area (Å²) in [6, 6.07) is 21.3. The van der Waals surface area contributed by atoms with Crippen molar-refractivity contribution in [3.8, 4) is 0 Å². The van der Waals surface area contributed by atoms with Gasteiger partial charge in [0.2, 0.25) is 0 Å². The van der Waals surface area contributed by atoms with Gasteiger partial charge in [-0.2, -0.15) is 0 Å². The maximum Gasteiger partial charge on any atom is 0.258 e. The van der Waals surface area contributed by atoms with Crippen LogP contribution in [0, 0.1) is 0 Å². The first-order valence-electron chi connectivity index (χ1n) is 8.02. The Morgan fingerprint density at radius 2 is 1.75 bits per heavy atom. The third-order valence-electron chi connectivity index (χ3n) is 4.47. The lowest BCUT2D eigenvalue weighted by Gasteiger charge is -2.40. The quantitative estimate of drug-likeness (QED) is 0.767. The van der Waals surface area contributed by atoms with Gasteiger partial charge < -0.3 is 14.6 Å². The van der Waals surface area contributed by atoms with Crippen molar-refractivity contribution in [1.29, 1.82) is 0 Å². The average Bonchev–Trinajstić information content (AvgIpc) is 3.16. The van der Waals surface area contributed by atoms with Crippen LogP contribution in [0.2, 0.25) is 0 Å². The normalized spacial score (nSPS) is 18.0. The summed E-state index contributed by atoms with van der Waals surface area (Å²) in [6.07, 6.45) is 1.30. The molecule has 1 aliphatic heterocycles. The van der Waals surface area contributed by atoms with Crippen molar-refractivity contribution >= 4 is 11.6 Å². The zero-order chi connectivity index (χ0) is 16.5. The Bertz CT molecular complexity index is 843. The molecule has 0 saturated carbocycles. The molecule has 1 aromatic heterocycles. The lowest BCUT2D eigenvalue weighted by Crippen LogP contribution is -2.44. The second kappa shape index (κ2) is 5.89. The van der Waals surface area contributed by atoms with E-state index in [-0.39, 0.29) is 18.1 Å². The van der Waals surface area contributed by atoms with Crippen molar-refractivity contribution in [1.82, 2.24) is 4.90 Å². The molecule has 0 bridgehead atoms. The number of hydrogen-bond acceptors (Lipinski definition) is 3. The molecular weight excluding hydrogens is 300 g/mol. The molecule has 0 fully saturated rings. The van der Waals surface area contributed by atoms with E-state index in [4.69, 9.17) is 4.42 Å². The Labute approximate surface area is 140 Å². The highest BCUT2D eigenvalue weighted by Crippen LogP contribution is 2.38. The molecule has 2 atom stereocenters. The molecule has 4 nitrogen and oxygen atoms in total. The number of hydrogen-bond donors (Lipinski definition) is 1. The molecule has 3 aromatic rings. The van der Waals surface area contributed by atoms with E-state index in [2.05, 4.69) is 5.32 Å². The highest BCUT2D eigenvalue weighted by Gasteiger charge is 2.37. The first-order valence-corrected chi connectivity index (χ1v) is 8.02. The molecule has 24 heavy (non-hydrogen) atoms. The van der Waals surface area contributed by atoms with Crippen LogP contribution in [0.25, 0.3) is 0 Å². The van der Waals surface area contributed by atoms with E-state index in [0.717, 1.165) is 17.0 Å². The minimum absolute atomic E-state index is 0.00195. The van der Waals surface area contributed by atoms with Crippen LogP contribution in [0.15, 0.2) is 77.4 Å². The van der Waals surface area contributed by atoms with Gasteiger partial charge in [-0.25, -0.2) is 0 Å². The zero-order valence-electron chi connectivity index (χ0n) is 13.3. The summed E-state index contributed by atoms with van der Waals surface area (Å²) in [5, 5.41) is 3.44. The predicted octanol–water partition coefficient (Wildman–Crippen LogP) is 4.61. The molecule has 0 spiro atoms. The van der Waals surface area contributed by atoms with Crippen LogP contribution in [0.1, 0.15) is 40.8 Å². The molecule has 1 aliphatic rings. The van der Waals surface area contributed by atoms with Crippen LogP contribution in [-0.4, -0.2) is 10.8 Å². The summed E-state index contributed by atoms with van der Waals surface area (Å²) in [6.45, 7) is 2.04. The van der Waals surface area contributed by atoms with E-state index in [9.17, 15) is 4.79 Å². The number of rotatable bonds is 3. The summed E-state index contributed by atoms with van der Waals surface area (Å²) >= 11 is 0. The Morgan fingerprint density at radius 1 is 1.00 bits per heavy atom. The number of fused-ring (bicyclic) bond motifs is 1. The van der Waals surface area contributed by atoms with Gasteiger partial charge in [0.05, 0.1) is 17.9 Å². The number of anilines is 1. The molecule has 0 unspecified atom stereocenters. The maximum absolute atomic E-state index is 13.2. The van der Waals surface area contributed by atoms with Gasteiger partial charge in [0, 0.05) is 5.69 Å². The second-order valence-electron chi connectivity index (χ2n) is 5.91. The number of nitrogens with one attached hydrogen (secondary N) is 1. The standard InChI is InChI=1S/C20H18N2O2/c1-14(15-8-3-2-4-9-15)22-19(18-12-7-13-24-18)21-17-11-6-5-10-16(17)20(22)23/h2-14,19,21H,1H3/t14-,19+/m0/s1. The van der Waals surface area contributed by atoms with E-state index in [0.29, 0.717) is 5.56 Å². The Morgan fingerprint density at radius 3 is 2.50 bits per heavy atom. The van der Waals surface area contributed by atoms with E-state index >= 15 is 0 Å². The number of amides is 1. The first-order chi connectivity index (χ1) is 11.8. The average molecular weight is 318 g/mol. The molecule has 2 heterocycles. The minimum Gasteiger partial charge on any atom is -0.465 e. The SMILES string of the molecule is C[C@@H](c1ccccc1)N1C(=O)c2ccccc2N[C@H]1c1ccco1. The van der Waals surface area contributed by atoms with Gasteiger partial charge in [-0.1, -0.05) is 42.5 Å². The van der Waals surface area contributed by atoms with Crippen LogP contribution in [0.3, 0.4) is 0 Å². The van der Waals surface area contributed by atoms with Crippen LogP contribution in [-0.2, 0) is 0 Å². The third-order valence-corrected chi connectivity index (χ3v) is 4.47. The number of carbonyl (C=O) groups is 1.